The number of hydrogen-bond acceptors (Lipinski definition) is 5. The van der Waals surface area contributed by atoms with Crippen LogP contribution in [0.15, 0.2) is 48.5 Å². The summed E-state index contributed by atoms with van der Waals surface area (Å²) in [7, 11) is 0. The van der Waals surface area contributed by atoms with Gasteiger partial charge in [-0.25, -0.2) is 4.98 Å². The molecule has 0 spiro atoms. The molecule has 0 unspecified atom stereocenters. The minimum atomic E-state index is -0.0976. The van der Waals surface area contributed by atoms with Gasteiger partial charge in [0.05, 0.1) is 27.5 Å². The van der Waals surface area contributed by atoms with Crippen molar-refractivity contribution in [3.63, 3.8) is 0 Å². The van der Waals surface area contributed by atoms with E-state index in [1.54, 1.807) is 28.2 Å². The Kier molecular flexibility index (Phi) is 3.74. The van der Waals surface area contributed by atoms with Gasteiger partial charge >= 0.3 is 0 Å². The van der Waals surface area contributed by atoms with Gasteiger partial charge in [0, 0.05) is 17.9 Å². The number of fused-ring (bicyclic) bond motifs is 2. The van der Waals surface area contributed by atoms with Crippen LogP contribution in [-0.2, 0) is 4.79 Å². The van der Waals surface area contributed by atoms with E-state index in [0.717, 1.165) is 32.2 Å². The summed E-state index contributed by atoms with van der Waals surface area (Å²) in [6.45, 7) is 1.96. The number of para-hydroxylation sites is 1. The molecule has 1 aliphatic rings. The Labute approximate surface area is 165 Å². The van der Waals surface area contributed by atoms with Crippen LogP contribution in [0.5, 0.6) is 0 Å². The first-order valence-electron chi connectivity index (χ1n) is 8.89. The molecular weight excluding hydrogens is 370 g/mol. The molecule has 1 aliphatic heterocycles. The molecule has 1 amide bonds. The highest BCUT2D eigenvalue weighted by Gasteiger charge is 2.33. The number of carbonyl (C=O) groups is 1. The van der Waals surface area contributed by atoms with E-state index in [2.05, 4.69) is 16.4 Å². The van der Waals surface area contributed by atoms with Crippen LogP contribution in [0.4, 0.5) is 5.82 Å². The fraction of sp³-hybridized carbons (Fsp3) is 0.143. The van der Waals surface area contributed by atoms with Gasteiger partial charge < -0.3 is 5.32 Å². The molecule has 0 aliphatic carbocycles. The number of amides is 1. The number of aromatic nitrogens is 3. The molecule has 3 heterocycles. The summed E-state index contributed by atoms with van der Waals surface area (Å²) in [6, 6.07) is 17.5. The highest BCUT2D eigenvalue weighted by molar-refractivity contribution is 7.20. The Morgan fingerprint density at radius 2 is 2.00 bits per heavy atom. The van der Waals surface area contributed by atoms with E-state index in [9.17, 15) is 4.79 Å². The number of benzene rings is 2. The van der Waals surface area contributed by atoms with Crippen molar-refractivity contribution in [2.45, 2.75) is 19.3 Å². The van der Waals surface area contributed by atoms with Crippen molar-refractivity contribution in [3.05, 3.63) is 70.9 Å². The number of anilines is 1. The molecule has 5 rings (SSSR count). The van der Waals surface area contributed by atoms with Gasteiger partial charge in [0.1, 0.15) is 5.82 Å². The fourth-order valence-corrected chi connectivity index (χ4v) is 4.64. The Balaban J connectivity index is 1.65. The molecule has 1 atom stereocenters. The predicted molar refractivity (Wildman–Crippen MR) is 108 cm³/mol. The lowest BCUT2D eigenvalue weighted by atomic mass is 9.85. The number of rotatable bonds is 2. The zero-order valence-electron chi connectivity index (χ0n) is 15.0. The molecular formula is C21H15N5OS. The SMILES string of the molecule is Cc1nn(-c2nc3ccccc3s2)c2c1[C@H](c1ccc(C#N)cc1)CC(=O)N2. The maximum atomic E-state index is 12.5. The molecule has 0 bridgehead atoms. The van der Waals surface area contributed by atoms with Crippen LogP contribution in [0.1, 0.15) is 34.7 Å². The fourth-order valence-electron chi connectivity index (χ4n) is 3.71. The van der Waals surface area contributed by atoms with Gasteiger partial charge in [0.15, 0.2) is 0 Å². The number of aryl methyl sites for hydroxylation is 1. The van der Waals surface area contributed by atoms with Crippen LogP contribution in [0, 0.1) is 18.3 Å². The summed E-state index contributed by atoms with van der Waals surface area (Å²) in [5, 5.41) is 17.5. The average molecular weight is 385 g/mol. The zero-order valence-corrected chi connectivity index (χ0v) is 15.8. The summed E-state index contributed by atoms with van der Waals surface area (Å²) in [4.78, 5) is 17.2. The number of nitrogens with zero attached hydrogens (tertiary/aromatic N) is 4. The predicted octanol–water partition coefficient (Wildman–Crippen LogP) is 4.14. The monoisotopic (exact) mass is 385 g/mol. The Morgan fingerprint density at radius 3 is 2.75 bits per heavy atom. The lowest BCUT2D eigenvalue weighted by molar-refractivity contribution is -0.116. The van der Waals surface area contributed by atoms with E-state index in [1.807, 2.05) is 43.3 Å². The van der Waals surface area contributed by atoms with E-state index in [4.69, 9.17) is 10.4 Å². The highest BCUT2D eigenvalue weighted by atomic mass is 32.1. The smallest absolute Gasteiger partial charge is 0.226 e. The molecule has 1 N–H and O–H groups in total. The van der Waals surface area contributed by atoms with Crippen molar-refractivity contribution in [2.24, 2.45) is 0 Å². The molecule has 28 heavy (non-hydrogen) atoms. The second-order valence-corrected chi connectivity index (χ2v) is 7.77. The van der Waals surface area contributed by atoms with Gasteiger partial charge in [-0.2, -0.15) is 15.0 Å². The minimum absolute atomic E-state index is 0.0517. The van der Waals surface area contributed by atoms with Crippen molar-refractivity contribution in [2.75, 3.05) is 5.32 Å². The highest BCUT2D eigenvalue weighted by Crippen LogP contribution is 2.41. The van der Waals surface area contributed by atoms with Gasteiger partial charge in [-0.3, -0.25) is 4.79 Å². The standard InChI is InChI=1S/C21H15N5OS/c1-12-19-15(14-8-6-13(11-22)7-9-14)10-18(27)24-20(19)26(25-12)21-23-16-4-2-3-5-17(16)28-21/h2-9,15H,10H2,1H3,(H,24,27)/t15-/m0/s1. The van der Waals surface area contributed by atoms with E-state index in [1.165, 1.54) is 0 Å². The summed E-state index contributed by atoms with van der Waals surface area (Å²) < 4.78 is 2.81. The maximum Gasteiger partial charge on any atom is 0.226 e. The molecule has 0 saturated heterocycles. The van der Waals surface area contributed by atoms with E-state index < -0.39 is 0 Å². The van der Waals surface area contributed by atoms with Crippen molar-refractivity contribution in [1.82, 2.24) is 14.8 Å². The Morgan fingerprint density at radius 1 is 1.21 bits per heavy atom. The first kappa shape index (κ1) is 16.7. The third-order valence-electron chi connectivity index (χ3n) is 5.01. The maximum absolute atomic E-state index is 12.5. The number of nitrogens with one attached hydrogen (secondary N) is 1. The Bertz CT molecular complexity index is 1230. The van der Waals surface area contributed by atoms with Crippen LogP contribution in [0.2, 0.25) is 0 Å². The second kappa shape index (κ2) is 6.29. The summed E-state index contributed by atoms with van der Waals surface area (Å²) in [6.07, 6.45) is 0.352. The van der Waals surface area contributed by atoms with E-state index in [-0.39, 0.29) is 11.8 Å². The molecule has 2 aromatic carbocycles. The van der Waals surface area contributed by atoms with Crippen molar-refractivity contribution in [1.29, 1.82) is 5.26 Å². The molecule has 136 valence electrons. The van der Waals surface area contributed by atoms with Crippen LogP contribution < -0.4 is 5.32 Å². The van der Waals surface area contributed by atoms with Crippen molar-refractivity contribution < 1.29 is 4.79 Å². The van der Waals surface area contributed by atoms with Crippen LogP contribution in [0.25, 0.3) is 15.3 Å². The Hall–Kier alpha value is -3.50. The molecule has 0 fully saturated rings. The lowest BCUT2D eigenvalue weighted by Gasteiger charge is -2.24. The average Bonchev–Trinajstić information content (AvgIpc) is 3.28. The third-order valence-corrected chi connectivity index (χ3v) is 6.02. The van der Waals surface area contributed by atoms with Gasteiger partial charge in [-0.15, -0.1) is 0 Å². The number of thiazole rings is 1. The molecule has 4 aromatic rings. The lowest BCUT2D eigenvalue weighted by Crippen LogP contribution is -2.24. The van der Waals surface area contributed by atoms with Crippen molar-refractivity contribution in [3.8, 4) is 11.2 Å². The number of nitriles is 1. The molecule has 7 heteroatoms. The quantitative estimate of drug-likeness (QED) is 0.562. The topological polar surface area (TPSA) is 83.6 Å². The summed E-state index contributed by atoms with van der Waals surface area (Å²) in [5.74, 6) is 0.533. The summed E-state index contributed by atoms with van der Waals surface area (Å²) >= 11 is 1.54. The molecule has 0 saturated carbocycles. The van der Waals surface area contributed by atoms with E-state index >= 15 is 0 Å². The largest absolute Gasteiger partial charge is 0.310 e. The van der Waals surface area contributed by atoms with E-state index in [0.29, 0.717) is 17.8 Å². The van der Waals surface area contributed by atoms with Crippen LogP contribution in [0.3, 0.4) is 0 Å². The number of hydrogen-bond donors (Lipinski definition) is 1. The molecule has 2 aromatic heterocycles. The minimum Gasteiger partial charge on any atom is -0.310 e. The first-order valence-corrected chi connectivity index (χ1v) is 9.71. The second-order valence-electron chi connectivity index (χ2n) is 6.76. The normalized spacial score (nSPS) is 15.9. The van der Waals surface area contributed by atoms with Gasteiger partial charge in [-0.05, 0) is 36.8 Å². The first-order chi connectivity index (χ1) is 13.6. The third kappa shape index (κ3) is 2.58. The molecule has 6 nitrogen and oxygen atoms in total. The van der Waals surface area contributed by atoms with Gasteiger partial charge in [-0.1, -0.05) is 35.6 Å². The zero-order chi connectivity index (χ0) is 19.3. The number of carbonyl (C=O) groups excluding carboxylic acids is 1. The molecule has 0 radical (unpaired) electrons. The van der Waals surface area contributed by atoms with Gasteiger partial charge in [0.25, 0.3) is 0 Å². The van der Waals surface area contributed by atoms with Gasteiger partial charge in [0.2, 0.25) is 11.0 Å². The van der Waals surface area contributed by atoms with Crippen LogP contribution >= 0.6 is 11.3 Å². The van der Waals surface area contributed by atoms with Crippen molar-refractivity contribution >= 4 is 33.3 Å². The summed E-state index contributed by atoms with van der Waals surface area (Å²) in [5.41, 5.74) is 4.38. The van der Waals surface area contributed by atoms with Crippen LogP contribution in [-0.4, -0.2) is 20.7 Å².